The average Bonchev–Trinajstić information content (AvgIpc) is 2.61. The van der Waals surface area contributed by atoms with Crippen LogP contribution < -0.4 is 0 Å². The molecule has 27 heavy (non-hydrogen) atoms. The van der Waals surface area contributed by atoms with Gasteiger partial charge in [0.25, 0.3) is 0 Å². The van der Waals surface area contributed by atoms with Gasteiger partial charge in [0.1, 0.15) is 5.60 Å². The van der Waals surface area contributed by atoms with Crippen molar-refractivity contribution in [3.8, 4) is 0 Å². The number of hydrogen-bond donors (Lipinski definition) is 1. The molecule has 5 heteroatoms. The van der Waals surface area contributed by atoms with Crippen molar-refractivity contribution in [2.24, 2.45) is 0 Å². The molecule has 0 aliphatic carbocycles. The minimum atomic E-state index is -0.966. The van der Waals surface area contributed by atoms with Crippen LogP contribution in [0.1, 0.15) is 50.8 Å². The number of hydrogen-bond acceptors (Lipinski definition) is 3. The van der Waals surface area contributed by atoms with Crippen molar-refractivity contribution in [3.05, 3.63) is 70.7 Å². The number of cyclic esters (lactones) is 1. The van der Waals surface area contributed by atoms with E-state index in [0.717, 1.165) is 11.1 Å². The summed E-state index contributed by atoms with van der Waals surface area (Å²) in [6.45, 7) is 5.96. The topological polar surface area (TPSA) is 49.8 Å². The molecule has 1 aliphatic heterocycles. The zero-order chi connectivity index (χ0) is 19.7. The van der Waals surface area contributed by atoms with Crippen molar-refractivity contribution in [2.75, 3.05) is 6.54 Å². The lowest BCUT2D eigenvalue weighted by Gasteiger charge is -2.45. The first-order chi connectivity index (χ1) is 12.7. The van der Waals surface area contributed by atoms with Gasteiger partial charge in [0, 0.05) is 24.4 Å². The van der Waals surface area contributed by atoms with Crippen LogP contribution >= 0.6 is 11.6 Å². The molecule has 1 aliphatic rings. The van der Waals surface area contributed by atoms with Gasteiger partial charge in [-0.2, -0.15) is 0 Å². The fraction of sp³-hybridized carbons (Fsp3) is 0.409. The number of ether oxygens (including phenoxy) is 1. The molecule has 0 radical (unpaired) electrons. The number of benzene rings is 2. The zero-order valence-corrected chi connectivity index (χ0v) is 16.7. The zero-order valence-electron chi connectivity index (χ0n) is 16.0. The molecule has 0 saturated carbocycles. The predicted molar refractivity (Wildman–Crippen MR) is 107 cm³/mol. The van der Waals surface area contributed by atoms with Crippen molar-refractivity contribution in [2.45, 2.75) is 50.9 Å². The molecule has 4 nitrogen and oxygen atoms in total. The van der Waals surface area contributed by atoms with E-state index in [-0.39, 0.29) is 12.1 Å². The Morgan fingerprint density at radius 3 is 2.41 bits per heavy atom. The van der Waals surface area contributed by atoms with Crippen LogP contribution in [-0.2, 0) is 10.3 Å². The van der Waals surface area contributed by atoms with E-state index in [1.807, 2.05) is 61.5 Å². The maximum atomic E-state index is 13.0. The van der Waals surface area contributed by atoms with Gasteiger partial charge in [0.05, 0.1) is 11.6 Å². The van der Waals surface area contributed by atoms with Crippen LogP contribution in [0.15, 0.2) is 54.6 Å². The second-order valence-corrected chi connectivity index (χ2v) is 8.27. The summed E-state index contributed by atoms with van der Waals surface area (Å²) < 4.78 is 6.02. The first-order valence-electron chi connectivity index (χ1n) is 9.24. The molecule has 1 fully saturated rings. The quantitative estimate of drug-likeness (QED) is 0.757. The summed E-state index contributed by atoms with van der Waals surface area (Å²) in [7, 11) is 0. The number of carbonyl (C=O) groups excluding carboxylic acids is 1. The van der Waals surface area contributed by atoms with Crippen LogP contribution in [-0.4, -0.2) is 28.2 Å². The number of rotatable bonds is 5. The Bertz CT molecular complexity index is 803. The normalized spacial score (nSPS) is 21.7. The summed E-state index contributed by atoms with van der Waals surface area (Å²) in [5.41, 5.74) is -0.00345. The van der Waals surface area contributed by atoms with Crippen molar-refractivity contribution >= 4 is 17.7 Å². The monoisotopic (exact) mass is 387 g/mol. The highest BCUT2D eigenvalue weighted by Crippen LogP contribution is 2.42. The van der Waals surface area contributed by atoms with E-state index in [0.29, 0.717) is 24.4 Å². The van der Waals surface area contributed by atoms with Gasteiger partial charge in [-0.05, 0) is 38.0 Å². The second-order valence-electron chi connectivity index (χ2n) is 7.86. The Morgan fingerprint density at radius 1 is 1.19 bits per heavy atom. The number of nitrogens with zero attached hydrogens (tertiary/aromatic N) is 1. The summed E-state index contributed by atoms with van der Waals surface area (Å²) >= 11 is 6.31. The standard InChI is InChI=1S/C22H26ClNO3/c1-16(18-11-7-8-12-19(18)23)24-14-13-22(27-20(24)25,15-21(2,3)26)17-9-5-4-6-10-17/h4-12,16,26H,13-15H2,1-3H3/t16?,22-/m1/s1. The molecule has 1 saturated heterocycles. The third-order valence-electron chi connectivity index (χ3n) is 5.11. The molecule has 2 aromatic carbocycles. The number of carbonyl (C=O) groups is 1. The molecule has 1 N–H and O–H groups in total. The molecule has 0 bridgehead atoms. The van der Waals surface area contributed by atoms with Crippen LogP contribution in [0.3, 0.4) is 0 Å². The van der Waals surface area contributed by atoms with Crippen molar-refractivity contribution in [3.63, 3.8) is 0 Å². The highest BCUT2D eigenvalue weighted by molar-refractivity contribution is 6.31. The average molecular weight is 388 g/mol. The van der Waals surface area contributed by atoms with Gasteiger partial charge >= 0.3 is 6.09 Å². The fourth-order valence-electron chi connectivity index (χ4n) is 3.87. The molecular formula is C22H26ClNO3. The Labute approximate surface area is 165 Å². The van der Waals surface area contributed by atoms with Crippen LogP contribution in [0, 0.1) is 0 Å². The lowest BCUT2D eigenvalue weighted by molar-refractivity contribution is -0.101. The molecule has 0 aromatic heterocycles. The van der Waals surface area contributed by atoms with Gasteiger partial charge < -0.3 is 14.7 Å². The van der Waals surface area contributed by atoms with Gasteiger partial charge in [0.2, 0.25) is 0 Å². The number of amides is 1. The van der Waals surface area contributed by atoms with Crippen LogP contribution in [0.4, 0.5) is 4.79 Å². The second kappa shape index (κ2) is 7.53. The summed E-state index contributed by atoms with van der Waals surface area (Å²) in [5.74, 6) is 0. The lowest BCUT2D eigenvalue weighted by Crippen LogP contribution is -2.51. The molecular weight excluding hydrogens is 362 g/mol. The first kappa shape index (κ1) is 19.7. The van der Waals surface area contributed by atoms with Gasteiger partial charge in [-0.15, -0.1) is 0 Å². The van der Waals surface area contributed by atoms with E-state index in [1.165, 1.54) is 0 Å². The summed E-state index contributed by atoms with van der Waals surface area (Å²) in [5, 5.41) is 11.1. The molecule has 2 atom stereocenters. The van der Waals surface area contributed by atoms with E-state index in [9.17, 15) is 9.90 Å². The summed E-state index contributed by atoms with van der Waals surface area (Å²) in [6.07, 6.45) is 0.549. The Morgan fingerprint density at radius 2 is 1.81 bits per heavy atom. The largest absolute Gasteiger partial charge is 0.438 e. The highest BCUT2D eigenvalue weighted by atomic mass is 35.5. The predicted octanol–water partition coefficient (Wildman–Crippen LogP) is 5.30. The van der Waals surface area contributed by atoms with Crippen molar-refractivity contribution in [1.82, 2.24) is 4.90 Å². The Kier molecular flexibility index (Phi) is 5.50. The van der Waals surface area contributed by atoms with Crippen LogP contribution in [0.25, 0.3) is 0 Å². The van der Waals surface area contributed by atoms with Crippen LogP contribution in [0.2, 0.25) is 5.02 Å². The highest BCUT2D eigenvalue weighted by Gasteiger charge is 2.46. The molecule has 1 unspecified atom stereocenters. The maximum absolute atomic E-state index is 13.0. The molecule has 144 valence electrons. The van der Waals surface area contributed by atoms with Gasteiger partial charge in [0.15, 0.2) is 0 Å². The van der Waals surface area contributed by atoms with Gasteiger partial charge in [-0.25, -0.2) is 4.79 Å². The first-order valence-corrected chi connectivity index (χ1v) is 9.62. The van der Waals surface area contributed by atoms with Gasteiger partial charge in [-0.3, -0.25) is 0 Å². The molecule has 1 heterocycles. The Hall–Kier alpha value is -2.04. The van der Waals surface area contributed by atoms with Gasteiger partial charge in [-0.1, -0.05) is 60.1 Å². The van der Waals surface area contributed by atoms with E-state index < -0.39 is 11.2 Å². The minimum absolute atomic E-state index is 0.192. The lowest BCUT2D eigenvalue weighted by atomic mass is 9.80. The Balaban J connectivity index is 1.88. The molecule has 2 aromatic rings. The van der Waals surface area contributed by atoms with Crippen molar-refractivity contribution < 1.29 is 14.6 Å². The van der Waals surface area contributed by atoms with E-state index in [1.54, 1.807) is 18.7 Å². The third-order valence-corrected chi connectivity index (χ3v) is 5.46. The number of aliphatic hydroxyl groups is 1. The van der Waals surface area contributed by atoms with E-state index in [2.05, 4.69) is 0 Å². The number of halogens is 1. The summed E-state index contributed by atoms with van der Waals surface area (Å²) in [6, 6.07) is 17.0. The fourth-order valence-corrected chi connectivity index (χ4v) is 4.17. The van der Waals surface area contributed by atoms with E-state index in [4.69, 9.17) is 16.3 Å². The minimum Gasteiger partial charge on any atom is -0.438 e. The summed E-state index contributed by atoms with van der Waals surface area (Å²) in [4.78, 5) is 14.7. The van der Waals surface area contributed by atoms with Crippen LogP contribution in [0.5, 0.6) is 0 Å². The molecule has 0 spiro atoms. The third kappa shape index (κ3) is 4.28. The maximum Gasteiger partial charge on any atom is 0.411 e. The molecule has 1 amide bonds. The smallest absolute Gasteiger partial charge is 0.411 e. The van der Waals surface area contributed by atoms with E-state index >= 15 is 0 Å². The SMILES string of the molecule is CC(c1ccccc1Cl)N1CC[C@@](CC(C)(C)O)(c2ccccc2)OC1=O. The molecule has 3 rings (SSSR count). The van der Waals surface area contributed by atoms with Crippen molar-refractivity contribution in [1.29, 1.82) is 0 Å².